The number of amides is 1. The summed E-state index contributed by atoms with van der Waals surface area (Å²) in [5.74, 6) is 0.185. The SMILES string of the molecule is CN1C(=O)CCc2cc(-c3csc(=S)[nH]3)ccc21. The zero-order chi connectivity index (χ0) is 12.7. The number of nitrogens with zero attached hydrogens (tertiary/aromatic N) is 1. The van der Waals surface area contributed by atoms with Gasteiger partial charge in [0.05, 0.1) is 5.69 Å². The molecule has 5 heteroatoms. The van der Waals surface area contributed by atoms with E-state index in [0.29, 0.717) is 6.42 Å². The summed E-state index contributed by atoms with van der Waals surface area (Å²) < 4.78 is 0.787. The molecule has 2 heterocycles. The number of fused-ring (bicyclic) bond motifs is 1. The number of rotatable bonds is 1. The first-order valence-corrected chi connectivity index (χ1v) is 7.01. The van der Waals surface area contributed by atoms with Crippen molar-refractivity contribution in [2.24, 2.45) is 0 Å². The van der Waals surface area contributed by atoms with Gasteiger partial charge in [-0.15, -0.1) is 11.3 Å². The monoisotopic (exact) mass is 276 g/mol. The fourth-order valence-electron chi connectivity index (χ4n) is 2.25. The number of H-pyrrole nitrogens is 1. The first-order valence-electron chi connectivity index (χ1n) is 5.73. The second-order valence-electron chi connectivity index (χ2n) is 4.36. The van der Waals surface area contributed by atoms with Crippen LogP contribution in [0.1, 0.15) is 12.0 Å². The van der Waals surface area contributed by atoms with E-state index >= 15 is 0 Å². The molecule has 0 aliphatic carbocycles. The van der Waals surface area contributed by atoms with Crippen LogP contribution in [0.3, 0.4) is 0 Å². The molecule has 3 rings (SSSR count). The second kappa shape index (κ2) is 4.33. The standard InChI is InChI=1S/C13H12N2OS2/c1-15-11-4-2-8(10-7-18-13(17)14-10)6-9(11)3-5-12(15)16/h2,4,6-7H,3,5H2,1H3,(H,14,17). The van der Waals surface area contributed by atoms with Gasteiger partial charge in [-0.2, -0.15) is 0 Å². The van der Waals surface area contributed by atoms with Crippen molar-refractivity contribution < 1.29 is 4.79 Å². The maximum atomic E-state index is 11.6. The highest BCUT2D eigenvalue weighted by molar-refractivity contribution is 7.73. The van der Waals surface area contributed by atoms with Crippen molar-refractivity contribution in [3.8, 4) is 11.3 Å². The van der Waals surface area contributed by atoms with E-state index in [2.05, 4.69) is 11.1 Å². The summed E-state index contributed by atoms with van der Waals surface area (Å²) in [4.78, 5) is 16.5. The van der Waals surface area contributed by atoms with Crippen molar-refractivity contribution in [2.75, 3.05) is 11.9 Å². The molecule has 18 heavy (non-hydrogen) atoms. The normalized spacial score (nSPS) is 14.7. The van der Waals surface area contributed by atoms with Gasteiger partial charge in [-0.25, -0.2) is 0 Å². The van der Waals surface area contributed by atoms with Crippen LogP contribution >= 0.6 is 23.6 Å². The number of carbonyl (C=O) groups excluding carboxylic acids is 1. The van der Waals surface area contributed by atoms with Gasteiger partial charge in [0.1, 0.15) is 0 Å². The summed E-state index contributed by atoms with van der Waals surface area (Å²) >= 11 is 6.63. The summed E-state index contributed by atoms with van der Waals surface area (Å²) in [6.07, 6.45) is 1.41. The maximum Gasteiger partial charge on any atom is 0.227 e. The lowest BCUT2D eigenvalue weighted by atomic mass is 9.98. The highest BCUT2D eigenvalue weighted by atomic mass is 32.1. The average molecular weight is 276 g/mol. The van der Waals surface area contributed by atoms with E-state index in [1.807, 2.05) is 24.6 Å². The molecule has 0 fully saturated rings. The Morgan fingerprint density at radius 3 is 2.94 bits per heavy atom. The fourth-order valence-corrected chi connectivity index (χ4v) is 3.09. The van der Waals surface area contributed by atoms with Gasteiger partial charge in [0, 0.05) is 24.5 Å². The summed E-state index contributed by atoms with van der Waals surface area (Å²) in [6.45, 7) is 0. The van der Waals surface area contributed by atoms with E-state index in [9.17, 15) is 4.79 Å². The van der Waals surface area contributed by atoms with Crippen LogP contribution < -0.4 is 4.90 Å². The fraction of sp³-hybridized carbons (Fsp3) is 0.231. The van der Waals surface area contributed by atoms with E-state index in [0.717, 1.165) is 27.3 Å². The van der Waals surface area contributed by atoms with Gasteiger partial charge < -0.3 is 9.88 Å². The van der Waals surface area contributed by atoms with Crippen molar-refractivity contribution in [2.45, 2.75) is 12.8 Å². The molecule has 0 radical (unpaired) electrons. The predicted octanol–water partition coefficient (Wildman–Crippen LogP) is 3.38. The van der Waals surface area contributed by atoms with E-state index in [1.165, 1.54) is 16.9 Å². The third-order valence-corrected chi connectivity index (χ3v) is 4.32. The van der Waals surface area contributed by atoms with Gasteiger partial charge in [0.25, 0.3) is 0 Å². The number of benzene rings is 1. The molecule has 0 atom stereocenters. The van der Waals surface area contributed by atoms with E-state index in [-0.39, 0.29) is 5.91 Å². The molecule has 0 saturated carbocycles. The lowest BCUT2D eigenvalue weighted by Crippen LogP contribution is -2.30. The molecule has 0 spiro atoms. The Balaban J connectivity index is 2.07. The minimum absolute atomic E-state index is 0.185. The van der Waals surface area contributed by atoms with Crippen molar-refractivity contribution in [1.82, 2.24) is 4.98 Å². The van der Waals surface area contributed by atoms with Crippen molar-refractivity contribution >= 4 is 35.1 Å². The molecule has 1 aliphatic rings. The number of carbonyl (C=O) groups is 1. The Morgan fingerprint density at radius 1 is 1.39 bits per heavy atom. The van der Waals surface area contributed by atoms with Crippen LogP contribution in [-0.2, 0) is 11.2 Å². The lowest BCUT2D eigenvalue weighted by molar-refractivity contribution is -0.118. The van der Waals surface area contributed by atoms with Crippen LogP contribution in [0.5, 0.6) is 0 Å². The number of aromatic amines is 1. The quantitative estimate of drug-likeness (QED) is 0.811. The Bertz CT molecular complexity index is 672. The molecule has 1 aromatic heterocycles. The van der Waals surface area contributed by atoms with E-state index < -0.39 is 0 Å². The molecule has 1 N–H and O–H groups in total. The Labute approximate surface area is 114 Å². The second-order valence-corrected chi connectivity index (χ2v) is 5.90. The van der Waals surface area contributed by atoms with Crippen LogP contribution in [0.15, 0.2) is 23.6 Å². The lowest BCUT2D eigenvalue weighted by Gasteiger charge is -2.26. The highest BCUT2D eigenvalue weighted by Gasteiger charge is 2.20. The van der Waals surface area contributed by atoms with Gasteiger partial charge in [-0.1, -0.05) is 6.07 Å². The zero-order valence-electron chi connectivity index (χ0n) is 9.90. The minimum atomic E-state index is 0.185. The number of thiazole rings is 1. The largest absolute Gasteiger partial charge is 0.337 e. The molecule has 1 aromatic carbocycles. The molecule has 92 valence electrons. The van der Waals surface area contributed by atoms with Gasteiger partial charge in [0.15, 0.2) is 3.95 Å². The third kappa shape index (κ3) is 1.89. The molecule has 3 nitrogen and oxygen atoms in total. The van der Waals surface area contributed by atoms with Gasteiger partial charge in [-0.3, -0.25) is 4.79 Å². The Kier molecular flexibility index (Phi) is 2.80. The first-order chi connectivity index (χ1) is 8.65. The van der Waals surface area contributed by atoms with Crippen molar-refractivity contribution in [1.29, 1.82) is 0 Å². The van der Waals surface area contributed by atoms with Crippen LogP contribution in [0.4, 0.5) is 5.69 Å². The molecular formula is C13H12N2OS2. The molecule has 2 aromatic rings. The number of hydrogen-bond donors (Lipinski definition) is 1. The van der Waals surface area contributed by atoms with Crippen LogP contribution in [-0.4, -0.2) is 17.9 Å². The molecule has 0 saturated heterocycles. The number of nitrogens with one attached hydrogen (secondary N) is 1. The Morgan fingerprint density at radius 2 is 2.22 bits per heavy atom. The van der Waals surface area contributed by atoms with Crippen LogP contribution in [0.2, 0.25) is 0 Å². The first kappa shape index (κ1) is 11.6. The Hall–Kier alpha value is -1.46. The smallest absolute Gasteiger partial charge is 0.227 e. The summed E-state index contributed by atoms with van der Waals surface area (Å²) in [5, 5.41) is 2.03. The topological polar surface area (TPSA) is 36.1 Å². The molecule has 1 amide bonds. The molecule has 0 bridgehead atoms. The van der Waals surface area contributed by atoms with Gasteiger partial charge >= 0.3 is 0 Å². The van der Waals surface area contributed by atoms with E-state index in [1.54, 1.807) is 4.90 Å². The zero-order valence-corrected chi connectivity index (χ0v) is 11.5. The predicted molar refractivity (Wildman–Crippen MR) is 76.7 cm³/mol. The highest BCUT2D eigenvalue weighted by Crippen LogP contribution is 2.31. The summed E-state index contributed by atoms with van der Waals surface area (Å²) in [6, 6.07) is 6.18. The number of anilines is 1. The van der Waals surface area contributed by atoms with Gasteiger partial charge in [-0.05, 0) is 41.9 Å². The van der Waals surface area contributed by atoms with Crippen LogP contribution in [0, 0.1) is 3.95 Å². The van der Waals surface area contributed by atoms with Crippen molar-refractivity contribution in [3.05, 3.63) is 33.1 Å². The number of hydrogen-bond acceptors (Lipinski definition) is 3. The third-order valence-electron chi connectivity index (χ3n) is 3.25. The van der Waals surface area contributed by atoms with Crippen LogP contribution in [0.25, 0.3) is 11.3 Å². The number of aromatic nitrogens is 1. The number of aryl methyl sites for hydroxylation is 1. The molecule has 1 aliphatic heterocycles. The van der Waals surface area contributed by atoms with Crippen molar-refractivity contribution in [3.63, 3.8) is 0 Å². The molecule has 0 unspecified atom stereocenters. The summed E-state index contributed by atoms with van der Waals surface area (Å²) in [5.41, 5.74) is 4.42. The minimum Gasteiger partial charge on any atom is -0.337 e. The van der Waals surface area contributed by atoms with E-state index in [4.69, 9.17) is 12.2 Å². The maximum absolute atomic E-state index is 11.6. The average Bonchev–Trinajstić information content (AvgIpc) is 2.80. The molecular weight excluding hydrogens is 264 g/mol. The van der Waals surface area contributed by atoms with Gasteiger partial charge in [0.2, 0.25) is 5.91 Å². The summed E-state index contributed by atoms with van der Waals surface area (Å²) in [7, 11) is 1.83.